The third-order valence-electron chi connectivity index (χ3n) is 5.83. The van der Waals surface area contributed by atoms with Gasteiger partial charge in [0.2, 0.25) is 5.82 Å². The molecule has 1 aliphatic rings. The van der Waals surface area contributed by atoms with Gasteiger partial charge in [0, 0.05) is 30.2 Å². The molecule has 11 heteroatoms. The fourth-order valence-electron chi connectivity index (χ4n) is 4.14. The predicted octanol–water partition coefficient (Wildman–Crippen LogP) is 3.85. The number of fused-ring (bicyclic) bond motifs is 1. The zero-order chi connectivity index (χ0) is 24.9. The lowest BCUT2D eigenvalue weighted by Crippen LogP contribution is -2.40. The van der Waals surface area contributed by atoms with Gasteiger partial charge in [0.25, 0.3) is 0 Å². The van der Waals surface area contributed by atoms with E-state index in [1.807, 2.05) is 4.90 Å². The van der Waals surface area contributed by atoms with Crippen molar-refractivity contribution in [3.05, 3.63) is 68.3 Å². The molecule has 2 aromatic carbocycles. The Morgan fingerprint density at radius 2 is 1.59 bits per heavy atom. The van der Waals surface area contributed by atoms with Gasteiger partial charge in [0.1, 0.15) is 28.2 Å². The number of phenolic OH excluding ortho intramolecular Hbond substituents is 2. The minimum Gasteiger partial charge on any atom is -0.507 e. The number of likely N-dealkylation sites (N-methyl/N-ethyl adjacent to an activating group) is 1. The van der Waals surface area contributed by atoms with Crippen molar-refractivity contribution >= 4 is 23.1 Å². The molecule has 1 saturated heterocycles. The molecule has 1 aromatic heterocycles. The van der Waals surface area contributed by atoms with Crippen molar-refractivity contribution in [1.82, 2.24) is 4.90 Å². The number of phenols is 2. The Balaban J connectivity index is 1.88. The van der Waals surface area contributed by atoms with Gasteiger partial charge in [-0.3, -0.25) is 4.79 Å². The third-order valence-corrected chi connectivity index (χ3v) is 5.83. The molecule has 0 radical (unpaired) electrons. The Bertz CT molecular complexity index is 1360. The molecule has 2 atom stereocenters. The lowest BCUT2D eigenvalue weighted by molar-refractivity contribution is 0.0630. The van der Waals surface area contributed by atoms with Crippen molar-refractivity contribution in [2.75, 3.05) is 20.1 Å². The van der Waals surface area contributed by atoms with Crippen LogP contribution in [0.5, 0.6) is 11.5 Å². The molecule has 4 rings (SSSR count). The summed E-state index contributed by atoms with van der Waals surface area (Å²) in [7, 11) is 1.79. The van der Waals surface area contributed by atoms with Crippen LogP contribution in [0.1, 0.15) is 29.2 Å². The minimum atomic E-state index is -2.31. The van der Waals surface area contributed by atoms with Crippen molar-refractivity contribution in [1.29, 1.82) is 0 Å². The Morgan fingerprint density at radius 1 is 0.971 bits per heavy atom. The van der Waals surface area contributed by atoms with Crippen molar-refractivity contribution in [2.45, 2.75) is 18.4 Å². The van der Waals surface area contributed by atoms with Gasteiger partial charge in [-0.1, -0.05) is 0 Å². The second-order valence-corrected chi connectivity index (χ2v) is 8.09. The number of β-amino-alcohol motifs (C(OH)–C–C–N with tert-alkyl or cyclic N) is 1. The van der Waals surface area contributed by atoms with Gasteiger partial charge in [0.15, 0.2) is 28.7 Å². The number of likely N-dealkylation sites (tertiary alicyclic amines) is 1. The lowest BCUT2D eigenvalue weighted by atomic mass is 9.85. The SMILES string of the molecule is CN1CC[C@H](c2c(O)cc(O)c3c(=O)cc(/C=C/c4c(F)c(F)c(F)c(F)c4F)oc23)[C@H](O)C1. The lowest BCUT2D eigenvalue weighted by Gasteiger charge is -2.34. The summed E-state index contributed by atoms with van der Waals surface area (Å²) in [4.78, 5) is 14.5. The van der Waals surface area contributed by atoms with Crippen molar-refractivity contribution in [3.8, 4) is 11.5 Å². The van der Waals surface area contributed by atoms with Gasteiger partial charge in [-0.05, 0) is 32.2 Å². The number of aromatic hydroxyl groups is 2. The molecule has 34 heavy (non-hydrogen) atoms. The van der Waals surface area contributed by atoms with Gasteiger partial charge < -0.3 is 24.6 Å². The fraction of sp³-hybridized carbons (Fsp3) is 0.261. The highest BCUT2D eigenvalue weighted by atomic mass is 19.2. The molecule has 6 nitrogen and oxygen atoms in total. The molecule has 2 heterocycles. The first-order chi connectivity index (χ1) is 16.0. The van der Waals surface area contributed by atoms with Gasteiger partial charge in [-0.25, -0.2) is 22.0 Å². The molecule has 1 aliphatic heterocycles. The maximum Gasteiger partial charge on any atom is 0.200 e. The monoisotopic (exact) mass is 483 g/mol. The number of aliphatic hydroxyl groups excluding tert-OH is 1. The van der Waals surface area contributed by atoms with E-state index in [1.54, 1.807) is 7.05 Å². The van der Waals surface area contributed by atoms with Gasteiger partial charge in [0.05, 0.1) is 11.7 Å². The zero-order valence-electron chi connectivity index (χ0n) is 17.6. The average Bonchev–Trinajstić information content (AvgIpc) is 2.77. The van der Waals surface area contributed by atoms with Crippen LogP contribution in [0, 0.1) is 29.1 Å². The van der Waals surface area contributed by atoms with E-state index in [1.165, 1.54) is 0 Å². The molecule has 1 fully saturated rings. The second-order valence-electron chi connectivity index (χ2n) is 8.09. The summed E-state index contributed by atoms with van der Waals surface area (Å²) in [5.74, 6) is -12.8. The minimum absolute atomic E-state index is 0.0528. The molecule has 3 N–H and O–H groups in total. The number of rotatable bonds is 3. The third kappa shape index (κ3) is 3.90. The number of benzene rings is 2. The normalized spacial score (nSPS) is 19.4. The largest absolute Gasteiger partial charge is 0.507 e. The van der Waals surface area contributed by atoms with Crippen LogP contribution >= 0.6 is 0 Å². The second kappa shape index (κ2) is 8.73. The molecule has 0 aliphatic carbocycles. The number of nitrogens with zero attached hydrogens (tertiary/aromatic N) is 1. The maximum atomic E-state index is 14.0. The van der Waals surface area contributed by atoms with Crippen LogP contribution in [-0.2, 0) is 0 Å². The van der Waals surface area contributed by atoms with Crippen molar-refractivity contribution < 1.29 is 41.7 Å². The molecule has 0 spiro atoms. The van der Waals surface area contributed by atoms with Crippen molar-refractivity contribution in [3.63, 3.8) is 0 Å². The van der Waals surface area contributed by atoms with E-state index in [4.69, 9.17) is 4.42 Å². The summed E-state index contributed by atoms with van der Waals surface area (Å²) in [6.07, 6.45) is 0.789. The zero-order valence-corrected chi connectivity index (χ0v) is 17.6. The Labute approximate surface area is 188 Å². The molecular weight excluding hydrogens is 465 g/mol. The Morgan fingerprint density at radius 3 is 2.21 bits per heavy atom. The van der Waals surface area contributed by atoms with E-state index in [0.717, 1.165) is 18.2 Å². The standard InChI is InChI=1S/C23H18F5NO5/c1-29-5-4-10(15(33)8-29)16-13(31)7-14(32)17-12(30)6-9(34-23(16)17)2-3-11-18(24)20(26)22(28)21(27)19(11)25/h2-3,6-7,10,15,31-33H,4-5,8H2,1H3/b3-2+/t10-,15+/m0/s1. The Kier molecular flexibility index (Phi) is 6.09. The summed E-state index contributed by atoms with van der Waals surface area (Å²) < 4.78 is 73.7. The van der Waals surface area contributed by atoms with Gasteiger partial charge in [-0.15, -0.1) is 0 Å². The maximum absolute atomic E-state index is 14.0. The highest BCUT2D eigenvalue weighted by molar-refractivity contribution is 5.89. The molecule has 0 amide bonds. The molecule has 180 valence electrons. The predicted molar refractivity (Wildman–Crippen MR) is 112 cm³/mol. The first-order valence-electron chi connectivity index (χ1n) is 10.1. The number of hydrogen-bond acceptors (Lipinski definition) is 6. The van der Waals surface area contributed by atoms with E-state index in [9.17, 15) is 42.1 Å². The van der Waals surface area contributed by atoms with Crippen LogP contribution in [0.15, 0.2) is 21.3 Å². The molecule has 0 saturated carbocycles. The van der Waals surface area contributed by atoms with E-state index in [2.05, 4.69) is 0 Å². The fourth-order valence-corrected chi connectivity index (χ4v) is 4.14. The number of aliphatic hydroxyl groups is 1. The van der Waals surface area contributed by atoms with Crippen LogP contribution in [0.2, 0.25) is 0 Å². The topological polar surface area (TPSA) is 94.1 Å². The quantitative estimate of drug-likeness (QED) is 0.298. The average molecular weight is 483 g/mol. The van der Waals surface area contributed by atoms with Crippen LogP contribution in [0.3, 0.4) is 0 Å². The highest BCUT2D eigenvalue weighted by Crippen LogP contribution is 2.42. The molecular formula is C23H18F5NO5. The van der Waals surface area contributed by atoms with E-state index < -0.39 is 63.6 Å². The molecule has 0 bridgehead atoms. The van der Waals surface area contributed by atoms with Gasteiger partial charge in [-0.2, -0.15) is 0 Å². The Hall–Kier alpha value is -3.44. The van der Waals surface area contributed by atoms with E-state index in [-0.39, 0.29) is 28.8 Å². The van der Waals surface area contributed by atoms with Crippen LogP contribution in [-0.4, -0.2) is 46.5 Å². The van der Waals surface area contributed by atoms with E-state index in [0.29, 0.717) is 19.0 Å². The van der Waals surface area contributed by atoms with E-state index >= 15 is 0 Å². The summed E-state index contributed by atoms with van der Waals surface area (Å²) >= 11 is 0. The summed E-state index contributed by atoms with van der Waals surface area (Å²) in [6.45, 7) is 0.810. The molecule has 0 unspecified atom stereocenters. The summed E-state index contributed by atoms with van der Waals surface area (Å²) in [5, 5.41) is 30.9. The van der Waals surface area contributed by atoms with Gasteiger partial charge >= 0.3 is 0 Å². The smallest absolute Gasteiger partial charge is 0.200 e. The van der Waals surface area contributed by atoms with Crippen LogP contribution in [0.25, 0.3) is 23.1 Å². The van der Waals surface area contributed by atoms with Crippen molar-refractivity contribution in [2.24, 2.45) is 0 Å². The number of halogens is 5. The first-order valence-corrected chi connectivity index (χ1v) is 10.1. The highest BCUT2D eigenvalue weighted by Gasteiger charge is 2.33. The number of piperidine rings is 1. The first kappa shape index (κ1) is 23.7. The summed E-state index contributed by atoms with van der Waals surface area (Å²) in [6, 6.07) is 1.79. The molecule has 3 aromatic rings. The van der Waals surface area contributed by atoms with Crippen LogP contribution in [0.4, 0.5) is 22.0 Å². The summed E-state index contributed by atoms with van der Waals surface area (Å²) in [5.41, 5.74) is -2.25. The number of hydrogen-bond donors (Lipinski definition) is 3. The van der Waals surface area contributed by atoms with Crippen LogP contribution < -0.4 is 5.43 Å².